The van der Waals surface area contributed by atoms with Crippen molar-refractivity contribution in [1.29, 1.82) is 0 Å². The summed E-state index contributed by atoms with van der Waals surface area (Å²) in [6, 6.07) is 12.6. The fourth-order valence-corrected chi connectivity index (χ4v) is 3.22. The minimum Gasteiger partial charge on any atom is -0.355 e. The van der Waals surface area contributed by atoms with Gasteiger partial charge in [-0.15, -0.1) is 0 Å². The molecule has 22 heavy (non-hydrogen) atoms. The average molecular weight is 318 g/mol. The Morgan fingerprint density at radius 1 is 1.18 bits per heavy atom. The molecule has 1 atom stereocenters. The molecule has 1 unspecified atom stereocenters. The molecule has 2 rings (SSSR count). The number of non-ortho nitro benzene ring substituents is 1. The van der Waals surface area contributed by atoms with Crippen LogP contribution in [0.15, 0.2) is 53.4 Å². The monoisotopic (exact) mass is 318 g/mol. The van der Waals surface area contributed by atoms with Gasteiger partial charge in [-0.25, -0.2) is 0 Å². The molecule has 2 aromatic carbocycles. The van der Waals surface area contributed by atoms with Crippen LogP contribution in [0.2, 0.25) is 0 Å². The number of carbonyl (C=O) groups is 1. The third kappa shape index (κ3) is 3.56. The molecule has 0 saturated heterocycles. The molecule has 6 nitrogen and oxygen atoms in total. The zero-order chi connectivity index (χ0) is 16.1. The van der Waals surface area contributed by atoms with E-state index in [4.69, 9.17) is 0 Å². The summed E-state index contributed by atoms with van der Waals surface area (Å²) in [6.45, 7) is 0. The number of amides is 1. The van der Waals surface area contributed by atoms with E-state index in [1.807, 2.05) is 0 Å². The number of hydrogen-bond donors (Lipinski definition) is 1. The summed E-state index contributed by atoms with van der Waals surface area (Å²) in [5.74, 6) is -0.112. The van der Waals surface area contributed by atoms with Crippen LogP contribution in [0.5, 0.6) is 0 Å². The van der Waals surface area contributed by atoms with Crippen LogP contribution in [0, 0.1) is 10.1 Å². The fourth-order valence-electron chi connectivity index (χ4n) is 1.93. The minimum atomic E-state index is -1.42. The van der Waals surface area contributed by atoms with Crippen molar-refractivity contribution in [2.75, 3.05) is 7.05 Å². The number of hydrogen-bond acceptors (Lipinski definition) is 4. The summed E-state index contributed by atoms with van der Waals surface area (Å²) in [7, 11) is 0.0961. The van der Waals surface area contributed by atoms with E-state index >= 15 is 0 Å². The van der Waals surface area contributed by atoms with Crippen molar-refractivity contribution in [2.45, 2.75) is 10.6 Å². The Labute approximate surface area is 129 Å². The van der Waals surface area contributed by atoms with E-state index in [-0.39, 0.29) is 17.3 Å². The predicted octanol–water partition coefficient (Wildman–Crippen LogP) is 2.26. The molecule has 1 amide bonds. The SMILES string of the molecule is CNC(=O)c1ccccc1S(=O)Cc1ccc([N+](=O)[O-])cc1. The second-order valence-electron chi connectivity index (χ2n) is 4.49. The predicted molar refractivity (Wildman–Crippen MR) is 83.0 cm³/mol. The lowest BCUT2D eigenvalue weighted by Gasteiger charge is -2.08. The highest BCUT2D eigenvalue weighted by Crippen LogP contribution is 2.19. The first-order chi connectivity index (χ1) is 10.5. The highest BCUT2D eigenvalue weighted by molar-refractivity contribution is 7.84. The molecule has 0 radical (unpaired) electrons. The zero-order valence-electron chi connectivity index (χ0n) is 11.8. The number of nitrogens with one attached hydrogen (secondary N) is 1. The summed E-state index contributed by atoms with van der Waals surface area (Å²) >= 11 is 0. The van der Waals surface area contributed by atoms with Crippen molar-refractivity contribution < 1.29 is 13.9 Å². The first-order valence-corrected chi connectivity index (χ1v) is 7.77. The molecule has 0 aliphatic carbocycles. The Balaban J connectivity index is 2.22. The third-order valence-corrected chi connectivity index (χ3v) is 4.49. The topological polar surface area (TPSA) is 89.3 Å². The number of nitro groups is 1. The number of rotatable bonds is 5. The standard InChI is InChI=1S/C15H14N2O4S/c1-16-15(18)13-4-2-3-5-14(13)22(21)10-11-6-8-12(9-7-11)17(19)20/h2-9H,10H2,1H3,(H,16,18). The van der Waals surface area contributed by atoms with Gasteiger partial charge in [0.15, 0.2) is 0 Å². The Bertz CT molecular complexity index is 729. The van der Waals surface area contributed by atoms with Gasteiger partial charge >= 0.3 is 0 Å². The third-order valence-electron chi connectivity index (χ3n) is 3.05. The Hall–Kier alpha value is -2.54. The normalized spacial score (nSPS) is 11.7. The molecule has 0 spiro atoms. The van der Waals surface area contributed by atoms with Gasteiger partial charge in [0.25, 0.3) is 11.6 Å². The first-order valence-electron chi connectivity index (χ1n) is 6.45. The van der Waals surface area contributed by atoms with Crippen LogP contribution in [-0.2, 0) is 16.6 Å². The maximum absolute atomic E-state index is 12.5. The second-order valence-corrected chi connectivity index (χ2v) is 5.91. The number of carbonyl (C=O) groups excluding carboxylic acids is 1. The van der Waals surface area contributed by atoms with Crippen LogP contribution < -0.4 is 5.32 Å². The Morgan fingerprint density at radius 2 is 1.82 bits per heavy atom. The maximum atomic E-state index is 12.5. The van der Waals surface area contributed by atoms with Gasteiger partial charge in [-0.2, -0.15) is 0 Å². The molecule has 0 aromatic heterocycles. The Morgan fingerprint density at radius 3 is 2.41 bits per heavy atom. The van der Waals surface area contributed by atoms with E-state index in [9.17, 15) is 19.1 Å². The van der Waals surface area contributed by atoms with E-state index in [2.05, 4.69) is 5.32 Å². The van der Waals surface area contributed by atoms with Gasteiger partial charge < -0.3 is 5.32 Å². The lowest BCUT2D eigenvalue weighted by Crippen LogP contribution is -2.20. The van der Waals surface area contributed by atoms with E-state index in [1.54, 1.807) is 36.4 Å². The molecule has 0 bridgehead atoms. The minimum absolute atomic E-state index is 0.0136. The lowest BCUT2D eigenvalue weighted by molar-refractivity contribution is -0.384. The molecule has 114 valence electrons. The molecule has 0 heterocycles. The average Bonchev–Trinajstić information content (AvgIpc) is 2.54. The number of nitro benzene ring substituents is 1. The summed E-state index contributed by atoms with van der Waals surface area (Å²) in [4.78, 5) is 22.4. The zero-order valence-corrected chi connectivity index (χ0v) is 12.6. The lowest BCUT2D eigenvalue weighted by atomic mass is 10.2. The van der Waals surface area contributed by atoms with Crippen LogP contribution in [0.25, 0.3) is 0 Å². The molecule has 7 heteroatoms. The van der Waals surface area contributed by atoms with Crippen molar-refractivity contribution in [3.63, 3.8) is 0 Å². The van der Waals surface area contributed by atoms with Gasteiger partial charge in [0.05, 0.1) is 31.9 Å². The summed E-state index contributed by atoms with van der Waals surface area (Å²) in [6.07, 6.45) is 0. The number of benzene rings is 2. The van der Waals surface area contributed by atoms with Crippen molar-refractivity contribution in [1.82, 2.24) is 5.32 Å². The van der Waals surface area contributed by atoms with Crippen LogP contribution >= 0.6 is 0 Å². The van der Waals surface area contributed by atoms with E-state index < -0.39 is 15.7 Å². The molecule has 1 N–H and O–H groups in total. The van der Waals surface area contributed by atoms with Gasteiger partial charge in [-0.05, 0) is 17.7 Å². The van der Waals surface area contributed by atoms with Crippen LogP contribution in [0.1, 0.15) is 15.9 Å². The molecule has 0 saturated carbocycles. The molecule has 0 fully saturated rings. The summed E-state index contributed by atoms with van der Waals surface area (Å²) < 4.78 is 12.5. The van der Waals surface area contributed by atoms with Gasteiger partial charge in [-0.1, -0.05) is 24.3 Å². The highest BCUT2D eigenvalue weighted by Gasteiger charge is 2.15. The van der Waals surface area contributed by atoms with E-state index in [1.165, 1.54) is 19.2 Å². The van der Waals surface area contributed by atoms with Gasteiger partial charge in [0.2, 0.25) is 0 Å². The molecule has 0 aliphatic rings. The van der Waals surface area contributed by atoms with Crippen LogP contribution in [0.3, 0.4) is 0 Å². The second kappa shape index (κ2) is 6.95. The molecular weight excluding hydrogens is 304 g/mol. The largest absolute Gasteiger partial charge is 0.355 e. The van der Waals surface area contributed by atoms with E-state index in [0.29, 0.717) is 16.0 Å². The smallest absolute Gasteiger partial charge is 0.269 e. The maximum Gasteiger partial charge on any atom is 0.269 e. The highest BCUT2D eigenvalue weighted by atomic mass is 32.2. The molecule has 0 aliphatic heterocycles. The van der Waals surface area contributed by atoms with Crippen molar-refractivity contribution in [3.8, 4) is 0 Å². The van der Waals surface area contributed by atoms with E-state index in [0.717, 1.165) is 0 Å². The summed E-state index contributed by atoms with van der Waals surface area (Å²) in [5.41, 5.74) is 1.06. The quantitative estimate of drug-likeness (QED) is 0.676. The molecule has 2 aromatic rings. The first kappa shape index (κ1) is 15.8. The van der Waals surface area contributed by atoms with Gasteiger partial charge in [0.1, 0.15) is 0 Å². The number of nitrogens with zero attached hydrogens (tertiary/aromatic N) is 1. The van der Waals surface area contributed by atoms with Gasteiger partial charge in [-0.3, -0.25) is 19.1 Å². The van der Waals surface area contributed by atoms with Gasteiger partial charge in [0, 0.05) is 19.2 Å². The van der Waals surface area contributed by atoms with Crippen LogP contribution in [-0.4, -0.2) is 22.1 Å². The Kier molecular flexibility index (Phi) is 5.00. The van der Waals surface area contributed by atoms with Crippen molar-refractivity contribution >= 4 is 22.4 Å². The fraction of sp³-hybridized carbons (Fsp3) is 0.133. The molecular formula is C15H14N2O4S. The van der Waals surface area contributed by atoms with Crippen molar-refractivity contribution in [3.05, 3.63) is 69.8 Å². The summed E-state index contributed by atoms with van der Waals surface area (Å²) in [5, 5.41) is 13.1. The van der Waals surface area contributed by atoms with Crippen molar-refractivity contribution in [2.24, 2.45) is 0 Å². The van der Waals surface area contributed by atoms with Crippen LogP contribution in [0.4, 0.5) is 5.69 Å².